The van der Waals surface area contributed by atoms with Crippen molar-refractivity contribution < 1.29 is 14.7 Å². The Labute approximate surface area is 103 Å². The van der Waals surface area contributed by atoms with Crippen molar-refractivity contribution in [3.8, 4) is 0 Å². The Balaban J connectivity index is 2.31. The molecule has 1 unspecified atom stereocenters. The highest BCUT2D eigenvalue weighted by atomic mass is 16.4. The van der Waals surface area contributed by atoms with Crippen LogP contribution in [0.15, 0.2) is 0 Å². The van der Waals surface area contributed by atoms with Crippen molar-refractivity contribution in [2.75, 3.05) is 13.1 Å². The van der Waals surface area contributed by atoms with E-state index in [0.29, 0.717) is 12.3 Å². The highest BCUT2D eigenvalue weighted by molar-refractivity contribution is 5.76. The van der Waals surface area contributed by atoms with Gasteiger partial charge in [-0.2, -0.15) is 0 Å². The van der Waals surface area contributed by atoms with Crippen LogP contribution in [-0.4, -0.2) is 35.0 Å². The van der Waals surface area contributed by atoms with E-state index in [1.54, 1.807) is 0 Å². The van der Waals surface area contributed by atoms with E-state index in [2.05, 4.69) is 13.8 Å². The molecule has 0 aliphatic carbocycles. The first-order chi connectivity index (χ1) is 8.02. The maximum atomic E-state index is 11.9. The van der Waals surface area contributed by atoms with Gasteiger partial charge in [0.1, 0.15) is 0 Å². The van der Waals surface area contributed by atoms with E-state index in [1.165, 1.54) is 0 Å². The SMILES string of the molecule is CCC(C)CC(=O)N1CCC(CC(=O)O)CC1. The van der Waals surface area contributed by atoms with Gasteiger partial charge in [0, 0.05) is 25.9 Å². The first-order valence-corrected chi connectivity index (χ1v) is 6.52. The number of likely N-dealkylation sites (tertiary alicyclic amines) is 1. The molecule has 98 valence electrons. The Morgan fingerprint density at radius 1 is 1.35 bits per heavy atom. The second-order valence-corrected chi connectivity index (χ2v) is 5.14. The molecule has 1 rings (SSSR count). The molecule has 1 amide bonds. The molecular weight excluding hydrogens is 218 g/mol. The molecule has 1 N–H and O–H groups in total. The molecule has 1 atom stereocenters. The minimum Gasteiger partial charge on any atom is -0.481 e. The third-order valence-corrected chi connectivity index (χ3v) is 3.65. The van der Waals surface area contributed by atoms with Gasteiger partial charge in [-0.05, 0) is 24.7 Å². The topological polar surface area (TPSA) is 57.6 Å². The van der Waals surface area contributed by atoms with Gasteiger partial charge in [-0.25, -0.2) is 0 Å². The highest BCUT2D eigenvalue weighted by Crippen LogP contribution is 2.21. The summed E-state index contributed by atoms with van der Waals surface area (Å²) >= 11 is 0. The molecule has 17 heavy (non-hydrogen) atoms. The predicted octanol–water partition coefficient (Wildman–Crippen LogP) is 2.14. The van der Waals surface area contributed by atoms with Gasteiger partial charge >= 0.3 is 5.97 Å². The maximum Gasteiger partial charge on any atom is 0.303 e. The minimum absolute atomic E-state index is 0.230. The Morgan fingerprint density at radius 2 is 1.94 bits per heavy atom. The molecule has 0 bridgehead atoms. The van der Waals surface area contributed by atoms with Crippen molar-refractivity contribution in [2.45, 2.75) is 46.0 Å². The Bertz CT molecular complexity index is 270. The van der Waals surface area contributed by atoms with E-state index in [4.69, 9.17) is 5.11 Å². The van der Waals surface area contributed by atoms with Crippen LogP contribution in [0.5, 0.6) is 0 Å². The zero-order chi connectivity index (χ0) is 12.8. The van der Waals surface area contributed by atoms with E-state index in [9.17, 15) is 9.59 Å². The summed E-state index contributed by atoms with van der Waals surface area (Å²) in [5.74, 6) is 0.196. The molecule has 0 radical (unpaired) electrons. The number of carbonyl (C=O) groups excluding carboxylic acids is 1. The standard InChI is InChI=1S/C13H23NO3/c1-3-10(2)8-12(15)14-6-4-11(5-7-14)9-13(16)17/h10-11H,3-9H2,1-2H3,(H,16,17). The quantitative estimate of drug-likeness (QED) is 0.802. The van der Waals surface area contributed by atoms with Crippen molar-refractivity contribution in [1.82, 2.24) is 4.90 Å². The third-order valence-electron chi connectivity index (χ3n) is 3.65. The monoisotopic (exact) mass is 241 g/mol. The Hall–Kier alpha value is -1.06. The fourth-order valence-corrected chi connectivity index (χ4v) is 2.20. The van der Waals surface area contributed by atoms with Gasteiger partial charge in [-0.3, -0.25) is 9.59 Å². The predicted molar refractivity (Wildman–Crippen MR) is 65.6 cm³/mol. The van der Waals surface area contributed by atoms with Gasteiger partial charge in [0.2, 0.25) is 5.91 Å². The van der Waals surface area contributed by atoms with Gasteiger partial charge < -0.3 is 10.0 Å². The van der Waals surface area contributed by atoms with E-state index in [1.807, 2.05) is 4.90 Å². The van der Waals surface area contributed by atoms with Crippen molar-refractivity contribution in [2.24, 2.45) is 11.8 Å². The molecule has 1 fully saturated rings. The Morgan fingerprint density at radius 3 is 2.41 bits per heavy atom. The molecule has 1 aliphatic heterocycles. The smallest absolute Gasteiger partial charge is 0.303 e. The summed E-state index contributed by atoms with van der Waals surface area (Å²) < 4.78 is 0. The number of carboxylic acid groups (broad SMARTS) is 1. The van der Waals surface area contributed by atoms with Crippen LogP contribution in [0.3, 0.4) is 0 Å². The van der Waals surface area contributed by atoms with Crippen LogP contribution in [0.4, 0.5) is 0 Å². The average molecular weight is 241 g/mol. The molecule has 0 aromatic rings. The van der Waals surface area contributed by atoms with Gasteiger partial charge in [-0.15, -0.1) is 0 Å². The number of aliphatic carboxylic acids is 1. The number of carboxylic acids is 1. The van der Waals surface area contributed by atoms with Crippen LogP contribution in [0, 0.1) is 11.8 Å². The second-order valence-electron chi connectivity index (χ2n) is 5.14. The molecule has 0 spiro atoms. The minimum atomic E-state index is -0.727. The lowest BCUT2D eigenvalue weighted by molar-refractivity contribution is -0.138. The number of hydrogen-bond acceptors (Lipinski definition) is 2. The van der Waals surface area contributed by atoms with E-state index >= 15 is 0 Å². The van der Waals surface area contributed by atoms with Crippen LogP contribution >= 0.6 is 0 Å². The zero-order valence-electron chi connectivity index (χ0n) is 10.8. The summed E-state index contributed by atoms with van der Waals surface area (Å²) in [5.41, 5.74) is 0. The fourth-order valence-electron chi connectivity index (χ4n) is 2.20. The number of carbonyl (C=O) groups is 2. The lowest BCUT2D eigenvalue weighted by Crippen LogP contribution is -2.39. The molecule has 0 aromatic heterocycles. The summed E-state index contributed by atoms with van der Waals surface area (Å²) in [6.45, 7) is 5.65. The third kappa shape index (κ3) is 4.75. The average Bonchev–Trinajstić information content (AvgIpc) is 2.28. The molecular formula is C13H23NO3. The number of amides is 1. The highest BCUT2D eigenvalue weighted by Gasteiger charge is 2.24. The second kappa shape index (κ2) is 6.62. The van der Waals surface area contributed by atoms with Crippen LogP contribution in [0.2, 0.25) is 0 Å². The van der Waals surface area contributed by atoms with Crippen LogP contribution in [-0.2, 0) is 9.59 Å². The van der Waals surface area contributed by atoms with Crippen molar-refractivity contribution >= 4 is 11.9 Å². The normalized spacial score (nSPS) is 19.1. The summed E-state index contributed by atoms with van der Waals surface area (Å²) in [7, 11) is 0. The van der Waals surface area contributed by atoms with Crippen LogP contribution < -0.4 is 0 Å². The number of piperidine rings is 1. The van der Waals surface area contributed by atoms with Gasteiger partial charge in [0.05, 0.1) is 0 Å². The van der Waals surface area contributed by atoms with E-state index < -0.39 is 5.97 Å². The van der Waals surface area contributed by atoms with Crippen molar-refractivity contribution in [3.63, 3.8) is 0 Å². The molecule has 0 saturated carbocycles. The molecule has 1 aliphatic rings. The molecule has 1 heterocycles. The fraction of sp³-hybridized carbons (Fsp3) is 0.846. The number of rotatable bonds is 5. The molecule has 1 saturated heterocycles. The maximum absolute atomic E-state index is 11.9. The zero-order valence-corrected chi connectivity index (χ0v) is 10.8. The first-order valence-electron chi connectivity index (χ1n) is 6.52. The van der Waals surface area contributed by atoms with Crippen molar-refractivity contribution in [1.29, 1.82) is 0 Å². The lowest BCUT2D eigenvalue weighted by Gasteiger charge is -2.32. The first kappa shape index (κ1) is 14.0. The van der Waals surface area contributed by atoms with E-state index in [0.717, 1.165) is 32.4 Å². The molecule has 4 nitrogen and oxygen atoms in total. The molecule has 4 heteroatoms. The number of nitrogens with zero attached hydrogens (tertiary/aromatic N) is 1. The van der Waals surface area contributed by atoms with Crippen molar-refractivity contribution in [3.05, 3.63) is 0 Å². The van der Waals surface area contributed by atoms with Crippen LogP contribution in [0.25, 0.3) is 0 Å². The summed E-state index contributed by atoms with van der Waals surface area (Å²) in [4.78, 5) is 24.4. The molecule has 0 aromatic carbocycles. The van der Waals surface area contributed by atoms with E-state index in [-0.39, 0.29) is 18.2 Å². The lowest BCUT2D eigenvalue weighted by atomic mass is 9.93. The largest absolute Gasteiger partial charge is 0.481 e. The number of hydrogen-bond donors (Lipinski definition) is 1. The summed E-state index contributed by atoms with van der Waals surface area (Å²) in [5, 5.41) is 8.71. The van der Waals surface area contributed by atoms with Gasteiger partial charge in [0.25, 0.3) is 0 Å². The summed E-state index contributed by atoms with van der Waals surface area (Å²) in [6.07, 6.45) is 3.56. The summed E-state index contributed by atoms with van der Waals surface area (Å²) in [6, 6.07) is 0. The Kier molecular flexibility index (Phi) is 5.45. The van der Waals surface area contributed by atoms with Crippen LogP contribution in [0.1, 0.15) is 46.0 Å². The van der Waals surface area contributed by atoms with Gasteiger partial charge in [-0.1, -0.05) is 20.3 Å². The van der Waals surface area contributed by atoms with Gasteiger partial charge in [0.15, 0.2) is 0 Å².